The standard InChI is InChI=1S/C26H33F3N4O3/c1-25(2,3)36-24(35)33-21(20(14-5-6-14)15-7-8-15)22-30-17-9-4-13(11-18(17)31-22)10-16-12-19(26(27,28)29)32-23(16)34/h4,9,11,14-16,19-21H,5-8,10,12H2,1-3H3,(H,30,31)(H,32,34)(H,33,35)/t16?,19?,21-/m0/s1. The highest BCUT2D eigenvalue weighted by atomic mass is 19.4. The smallest absolute Gasteiger partial charge is 0.408 e. The maximum atomic E-state index is 13.0. The topological polar surface area (TPSA) is 96.1 Å². The lowest BCUT2D eigenvalue weighted by atomic mass is 9.89. The molecule has 10 heteroatoms. The molecule has 5 rings (SSSR count). The third-order valence-corrected chi connectivity index (χ3v) is 7.33. The van der Waals surface area contributed by atoms with E-state index in [1.54, 1.807) is 6.07 Å². The molecule has 1 aliphatic heterocycles. The van der Waals surface area contributed by atoms with E-state index in [0.29, 0.717) is 23.2 Å². The van der Waals surface area contributed by atoms with Crippen LogP contribution < -0.4 is 10.6 Å². The fraction of sp³-hybridized carbons (Fsp3) is 0.654. The van der Waals surface area contributed by atoms with E-state index in [9.17, 15) is 22.8 Å². The van der Waals surface area contributed by atoms with E-state index in [2.05, 4.69) is 15.6 Å². The number of amides is 2. The van der Waals surface area contributed by atoms with Crippen LogP contribution in [0.3, 0.4) is 0 Å². The lowest BCUT2D eigenvalue weighted by Crippen LogP contribution is -2.39. The first-order valence-electron chi connectivity index (χ1n) is 12.7. The van der Waals surface area contributed by atoms with Gasteiger partial charge in [0.2, 0.25) is 5.91 Å². The van der Waals surface area contributed by atoms with Crippen molar-refractivity contribution in [1.29, 1.82) is 0 Å². The number of halogens is 3. The molecule has 2 amide bonds. The van der Waals surface area contributed by atoms with Crippen LogP contribution in [0.1, 0.15) is 70.3 Å². The van der Waals surface area contributed by atoms with Crippen molar-refractivity contribution in [1.82, 2.24) is 20.6 Å². The van der Waals surface area contributed by atoms with Crippen molar-refractivity contribution in [3.63, 3.8) is 0 Å². The van der Waals surface area contributed by atoms with Crippen molar-refractivity contribution in [3.8, 4) is 0 Å². The molecular weight excluding hydrogens is 473 g/mol. The Morgan fingerprint density at radius 1 is 1.17 bits per heavy atom. The molecule has 2 aromatic rings. The number of carbonyl (C=O) groups excluding carboxylic acids is 2. The first-order valence-corrected chi connectivity index (χ1v) is 12.7. The number of H-pyrrole nitrogens is 1. The summed E-state index contributed by atoms with van der Waals surface area (Å²) < 4.78 is 44.6. The highest BCUT2D eigenvalue weighted by Gasteiger charge is 2.48. The average molecular weight is 507 g/mol. The summed E-state index contributed by atoms with van der Waals surface area (Å²) in [6.45, 7) is 5.47. The van der Waals surface area contributed by atoms with Crippen LogP contribution in [0.5, 0.6) is 0 Å². The normalized spacial score (nSPS) is 23.7. The molecule has 1 aromatic carbocycles. The second-order valence-electron chi connectivity index (χ2n) is 11.6. The highest BCUT2D eigenvalue weighted by molar-refractivity contribution is 5.82. The molecule has 0 spiro atoms. The number of nitrogens with zero attached hydrogens (tertiary/aromatic N) is 1. The third kappa shape index (κ3) is 5.62. The van der Waals surface area contributed by atoms with Crippen LogP contribution in [0.4, 0.5) is 18.0 Å². The Balaban J connectivity index is 1.37. The summed E-state index contributed by atoms with van der Waals surface area (Å²) in [6.07, 6.45) is -0.411. The van der Waals surface area contributed by atoms with Crippen molar-refractivity contribution in [2.24, 2.45) is 23.7 Å². The Bertz CT molecular complexity index is 1140. The first-order chi connectivity index (χ1) is 16.9. The Morgan fingerprint density at radius 3 is 2.39 bits per heavy atom. The number of ether oxygens (including phenoxy) is 1. The van der Waals surface area contributed by atoms with Crippen LogP contribution in [0.25, 0.3) is 11.0 Å². The highest BCUT2D eigenvalue weighted by Crippen LogP contribution is 2.54. The molecular formula is C26H33F3N4O3. The van der Waals surface area contributed by atoms with E-state index in [-0.39, 0.29) is 24.8 Å². The zero-order chi connectivity index (χ0) is 25.8. The molecule has 3 aliphatic rings. The van der Waals surface area contributed by atoms with Gasteiger partial charge in [0.15, 0.2) is 0 Å². The fourth-order valence-electron chi connectivity index (χ4n) is 5.44. The first kappa shape index (κ1) is 24.9. The number of aromatic nitrogens is 2. The van der Waals surface area contributed by atoms with E-state index in [1.807, 2.05) is 32.9 Å². The van der Waals surface area contributed by atoms with Gasteiger partial charge in [-0.25, -0.2) is 9.78 Å². The quantitative estimate of drug-likeness (QED) is 0.483. The second kappa shape index (κ2) is 8.95. The van der Waals surface area contributed by atoms with E-state index in [0.717, 1.165) is 36.8 Å². The zero-order valence-corrected chi connectivity index (χ0v) is 20.7. The monoisotopic (exact) mass is 506 g/mol. The summed E-state index contributed by atoms with van der Waals surface area (Å²) in [5.74, 6) is 0.729. The molecule has 2 saturated carbocycles. The summed E-state index contributed by atoms with van der Waals surface area (Å²) in [4.78, 5) is 33.0. The van der Waals surface area contributed by atoms with Gasteiger partial charge in [-0.3, -0.25) is 4.79 Å². The number of hydrogen-bond donors (Lipinski definition) is 3. The fourth-order valence-corrected chi connectivity index (χ4v) is 5.44. The Hall–Kier alpha value is -2.78. The molecule has 1 saturated heterocycles. The average Bonchev–Trinajstić information content (AvgIpc) is 3.68. The lowest BCUT2D eigenvalue weighted by molar-refractivity contribution is -0.154. The Labute approximate surface area is 207 Å². The second-order valence-corrected chi connectivity index (χ2v) is 11.6. The SMILES string of the molecule is CC(C)(C)OC(=O)N[C@H](c1nc2ccc(CC3CC(C(F)(F)F)NC3=O)cc2[nH]1)C(C1CC1)C1CC1. The van der Waals surface area contributed by atoms with Crippen LogP contribution >= 0.6 is 0 Å². The minimum atomic E-state index is -4.44. The number of carbonyl (C=O) groups is 2. The third-order valence-electron chi connectivity index (χ3n) is 7.33. The van der Waals surface area contributed by atoms with Gasteiger partial charge >= 0.3 is 12.3 Å². The molecule has 2 unspecified atom stereocenters. The summed E-state index contributed by atoms with van der Waals surface area (Å²) in [7, 11) is 0. The van der Waals surface area contributed by atoms with Gasteiger partial charge in [0.05, 0.1) is 17.1 Å². The van der Waals surface area contributed by atoms with Crippen LogP contribution in [-0.4, -0.2) is 39.8 Å². The number of hydrogen-bond acceptors (Lipinski definition) is 4. The van der Waals surface area contributed by atoms with Crippen molar-refractivity contribution >= 4 is 23.0 Å². The van der Waals surface area contributed by atoms with Gasteiger partial charge < -0.3 is 20.4 Å². The van der Waals surface area contributed by atoms with Crippen molar-refractivity contribution in [2.75, 3.05) is 0 Å². The van der Waals surface area contributed by atoms with Crippen LogP contribution in [0.15, 0.2) is 18.2 Å². The molecule has 7 nitrogen and oxygen atoms in total. The van der Waals surface area contributed by atoms with Gasteiger partial charge in [0, 0.05) is 5.92 Å². The molecule has 196 valence electrons. The van der Waals surface area contributed by atoms with Crippen LogP contribution in [0, 0.1) is 23.7 Å². The maximum absolute atomic E-state index is 13.0. The Morgan fingerprint density at radius 2 is 1.83 bits per heavy atom. The number of alkyl halides is 3. The van der Waals surface area contributed by atoms with Gasteiger partial charge in [-0.1, -0.05) is 6.07 Å². The Kier molecular flexibility index (Phi) is 6.19. The summed E-state index contributed by atoms with van der Waals surface area (Å²) >= 11 is 0. The number of alkyl carbamates (subject to hydrolysis) is 1. The van der Waals surface area contributed by atoms with Gasteiger partial charge in [-0.15, -0.1) is 0 Å². The maximum Gasteiger partial charge on any atom is 0.408 e. The van der Waals surface area contributed by atoms with Crippen molar-refractivity contribution in [3.05, 3.63) is 29.6 Å². The molecule has 2 aliphatic carbocycles. The molecule has 3 atom stereocenters. The van der Waals surface area contributed by atoms with E-state index in [4.69, 9.17) is 9.72 Å². The number of benzene rings is 1. The molecule has 0 radical (unpaired) electrons. The molecule has 1 aromatic heterocycles. The van der Waals surface area contributed by atoms with Crippen LogP contribution in [-0.2, 0) is 16.0 Å². The van der Waals surface area contributed by atoms with E-state index >= 15 is 0 Å². The van der Waals surface area contributed by atoms with Crippen molar-refractivity contribution in [2.45, 2.75) is 83.2 Å². The summed E-state index contributed by atoms with van der Waals surface area (Å²) in [5.41, 5.74) is 1.58. The van der Waals surface area contributed by atoms with Crippen LogP contribution in [0.2, 0.25) is 0 Å². The summed E-state index contributed by atoms with van der Waals surface area (Å²) in [5, 5.41) is 5.14. The van der Waals surface area contributed by atoms with Gasteiger partial charge in [0.25, 0.3) is 0 Å². The van der Waals surface area contributed by atoms with E-state index < -0.39 is 35.7 Å². The minimum Gasteiger partial charge on any atom is -0.444 e. The largest absolute Gasteiger partial charge is 0.444 e. The van der Waals surface area contributed by atoms with Gasteiger partial charge in [-0.2, -0.15) is 13.2 Å². The predicted octanol–water partition coefficient (Wildman–Crippen LogP) is 5.17. The molecule has 2 heterocycles. The predicted molar refractivity (Wildman–Crippen MR) is 127 cm³/mol. The number of nitrogens with one attached hydrogen (secondary N) is 3. The minimum absolute atomic E-state index is 0.217. The van der Waals surface area contributed by atoms with E-state index in [1.165, 1.54) is 0 Å². The molecule has 3 N–H and O–H groups in total. The van der Waals surface area contributed by atoms with Gasteiger partial charge in [0.1, 0.15) is 17.5 Å². The molecule has 3 fully saturated rings. The number of rotatable bonds is 7. The number of fused-ring (bicyclic) bond motifs is 1. The van der Waals surface area contributed by atoms with Gasteiger partial charge in [-0.05, 0) is 94.7 Å². The summed E-state index contributed by atoms with van der Waals surface area (Å²) in [6, 6.07) is 3.35. The van der Waals surface area contributed by atoms with Crippen molar-refractivity contribution < 1.29 is 27.5 Å². The molecule has 0 bridgehead atoms. The molecule has 36 heavy (non-hydrogen) atoms. The number of imidazole rings is 1. The zero-order valence-electron chi connectivity index (χ0n) is 20.7. The lowest BCUT2D eigenvalue weighted by Gasteiger charge is -2.28. The number of aromatic amines is 1.